The smallest absolute Gasteiger partial charge is 0.319 e. The standard InChI is InChI=1S/C21H32N2O6/c1-11(2)7-12-10-23-6-5-13-17(14(23)8-15(12)29-16(24)9-22)19(26)21(28-4)20(27-3)18(13)25/h11-12,14-15,25-26H,5-10,22H2,1-4H3. The lowest BCUT2D eigenvalue weighted by Gasteiger charge is -2.47. The number of fused-ring (bicyclic) bond motifs is 3. The maximum absolute atomic E-state index is 11.9. The minimum atomic E-state index is -0.424. The van der Waals surface area contributed by atoms with Gasteiger partial charge in [0.15, 0.2) is 11.5 Å². The average Bonchev–Trinajstić information content (AvgIpc) is 2.69. The zero-order valence-electron chi connectivity index (χ0n) is 17.6. The maximum Gasteiger partial charge on any atom is 0.319 e. The number of methoxy groups -OCH3 is 2. The molecule has 1 fully saturated rings. The number of carbonyl (C=O) groups is 1. The maximum atomic E-state index is 11.9. The van der Waals surface area contributed by atoms with E-state index in [1.807, 2.05) is 0 Å². The Morgan fingerprint density at radius 3 is 2.45 bits per heavy atom. The molecule has 8 nitrogen and oxygen atoms in total. The monoisotopic (exact) mass is 408 g/mol. The van der Waals surface area contributed by atoms with Gasteiger partial charge in [0.2, 0.25) is 11.5 Å². The number of ether oxygens (including phenoxy) is 3. The van der Waals surface area contributed by atoms with Gasteiger partial charge in [-0.3, -0.25) is 9.69 Å². The Morgan fingerprint density at radius 1 is 1.21 bits per heavy atom. The third-order valence-corrected chi connectivity index (χ3v) is 6.01. The Morgan fingerprint density at radius 2 is 1.86 bits per heavy atom. The second kappa shape index (κ2) is 8.67. The van der Waals surface area contributed by atoms with Crippen LogP contribution in [0.25, 0.3) is 0 Å². The van der Waals surface area contributed by atoms with Crippen molar-refractivity contribution in [3.8, 4) is 23.0 Å². The lowest BCUT2D eigenvalue weighted by molar-refractivity contribution is -0.155. The molecule has 29 heavy (non-hydrogen) atoms. The number of nitrogens with two attached hydrogens (primary N) is 1. The molecular weight excluding hydrogens is 376 g/mol. The molecule has 1 aromatic rings. The van der Waals surface area contributed by atoms with Crippen LogP contribution >= 0.6 is 0 Å². The van der Waals surface area contributed by atoms with E-state index in [9.17, 15) is 15.0 Å². The first-order valence-corrected chi connectivity index (χ1v) is 10.1. The molecule has 2 aliphatic heterocycles. The Hall–Kier alpha value is -2.19. The molecule has 0 amide bonds. The molecule has 3 atom stereocenters. The van der Waals surface area contributed by atoms with Gasteiger partial charge in [0, 0.05) is 42.6 Å². The van der Waals surface area contributed by atoms with Gasteiger partial charge in [0.1, 0.15) is 6.10 Å². The van der Waals surface area contributed by atoms with Crippen molar-refractivity contribution in [2.75, 3.05) is 33.9 Å². The molecule has 2 heterocycles. The molecule has 0 radical (unpaired) electrons. The third-order valence-electron chi connectivity index (χ3n) is 6.01. The summed E-state index contributed by atoms with van der Waals surface area (Å²) < 4.78 is 16.3. The number of esters is 1. The van der Waals surface area contributed by atoms with E-state index in [0.717, 1.165) is 19.5 Å². The number of nitrogens with zero attached hydrogens (tertiary/aromatic N) is 1. The first kappa shape index (κ1) is 21.5. The number of aromatic hydroxyl groups is 2. The third kappa shape index (κ3) is 3.96. The summed E-state index contributed by atoms with van der Waals surface area (Å²) in [5.74, 6) is 0.457. The van der Waals surface area contributed by atoms with Crippen LogP contribution in [0.5, 0.6) is 23.0 Å². The highest BCUT2D eigenvalue weighted by atomic mass is 16.5. The lowest BCUT2D eigenvalue weighted by atomic mass is 9.78. The van der Waals surface area contributed by atoms with Crippen molar-refractivity contribution in [2.45, 2.75) is 45.3 Å². The quantitative estimate of drug-likeness (QED) is 0.483. The van der Waals surface area contributed by atoms with E-state index in [1.165, 1.54) is 14.2 Å². The van der Waals surface area contributed by atoms with E-state index >= 15 is 0 Å². The predicted molar refractivity (Wildman–Crippen MR) is 107 cm³/mol. The summed E-state index contributed by atoms with van der Waals surface area (Å²) >= 11 is 0. The summed E-state index contributed by atoms with van der Waals surface area (Å²) in [6.45, 7) is 5.64. The van der Waals surface area contributed by atoms with Gasteiger partial charge in [-0.1, -0.05) is 13.8 Å². The molecular formula is C21H32N2O6. The van der Waals surface area contributed by atoms with Crippen LogP contribution in [0, 0.1) is 11.8 Å². The van der Waals surface area contributed by atoms with Crippen molar-refractivity contribution in [3.05, 3.63) is 11.1 Å². The van der Waals surface area contributed by atoms with E-state index in [-0.39, 0.29) is 47.6 Å². The van der Waals surface area contributed by atoms with E-state index in [0.29, 0.717) is 29.9 Å². The summed E-state index contributed by atoms with van der Waals surface area (Å²) in [5.41, 5.74) is 6.76. The summed E-state index contributed by atoms with van der Waals surface area (Å²) in [4.78, 5) is 14.2. The fraction of sp³-hybridized carbons (Fsp3) is 0.667. The number of hydrogen-bond acceptors (Lipinski definition) is 8. The second-order valence-electron chi connectivity index (χ2n) is 8.27. The summed E-state index contributed by atoms with van der Waals surface area (Å²) in [6.07, 6.45) is 1.75. The van der Waals surface area contributed by atoms with Crippen LogP contribution in [-0.2, 0) is 16.0 Å². The Bertz CT molecular complexity index is 766. The zero-order valence-corrected chi connectivity index (χ0v) is 17.6. The van der Waals surface area contributed by atoms with Gasteiger partial charge in [0.05, 0.1) is 20.8 Å². The van der Waals surface area contributed by atoms with Gasteiger partial charge >= 0.3 is 5.97 Å². The fourth-order valence-electron chi connectivity index (χ4n) is 4.84. The Labute approximate surface area is 171 Å². The van der Waals surface area contributed by atoms with Crippen molar-refractivity contribution in [1.29, 1.82) is 0 Å². The molecule has 0 spiro atoms. The van der Waals surface area contributed by atoms with Crippen LogP contribution in [0.2, 0.25) is 0 Å². The number of phenolic OH excluding ortho intramolecular Hbond substituents is 2. The second-order valence-corrected chi connectivity index (χ2v) is 8.27. The van der Waals surface area contributed by atoms with Crippen molar-refractivity contribution in [1.82, 2.24) is 4.90 Å². The van der Waals surface area contributed by atoms with Crippen LogP contribution in [0.4, 0.5) is 0 Å². The molecule has 8 heteroatoms. The number of carbonyl (C=O) groups excluding carboxylic acids is 1. The minimum Gasteiger partial charge on any atom is -0.504 e. The van der Waals surface area contributed by atoms with E-state index < -0.39 is 5.97 Å². The molecule has 0 saturated carbocycles. The van der Waals surface area contributed by atoms with Gasteiger partial charge in [0.25, 0.3) is 0 Å². The van der Waals surface area contributed by atoms with E-state index in [1.54, 1.807) is 0 Å². The number of piperidine rings is 1. The fourth-order valence-corrected chi connectivity index (χ4v) is 4.84. The van der Waals surface area contributed by atoms with Gasteiger partial charge in [-0.15, -0.1) is 0 Å². The molecule has 1 aromatic carbocycles. The van der Waals surface area contributed by atoms with Crippen LogP contribution in [0.3, 0.4) is 0 Å². The molecule has 4 N–H and O–H groups in total. The summed E-state index contributed by atoms with van der Waals surface area (Å²) in [5, 5.41) is 21.7. The van der Waals surface area contributed by atoms with Gasteiger partial charge in [-0.25, -0.2) is 0 Å². The highest BCUT2D eigenvalue weighted by molar-refractivity contribution is 5.71. The van der Waals surface area contributed by atoms with E-state index in [4.69, 9.17) is 19.9 Å². The topological polar surface area (TPSA) is 114 Å². The summed E-state index contributed by atoms with van der Waals surface area (Å²) in [7, 11) is 2.85. The highest BCUT2D eigenvalue weighted by Crippen LogP contribution is 2.54. The lowest BCUT2D eigenvalue weighted by Crippen LogP contribution is -2.49. The number of rotatable bonds is 6. The average molecular weight is 408 g/mol. The number of hydrogen-bond donors (Lipinski definition) is 3. The van der Waals surface area contributed by atoms with Gasteiger partial charge in [-0.2, -0.15) is 0 Å². The molecule has 0 bridgehead atoms. The largest absolute Gasteiger partial charge is 0.504 e. The SMILES string of the molecule is COc1c(O)c2c(c(O)c1OC)C1CC(OC(=O)CN)C(CC(C)C)CN1CC2. The van der Waals surface area contributed by atoms with Crippen molar-refractivity contribution in [2.24, 2.45) is 17.6 Å². The Balaban J connectivity index is 2.01. The minimum absolute atomic E-state index is 0.00314. The first-order valence-electron chi connectivity index (χ1n) is 10.1. The van der Waals surface area contributed by atoms with Crippen LogP contribution in [0.1, 0.15) is 43.9 Å². The normalized spacial score (nSPS) is 24.0. The molecule has 162 valence electrons. The first-order chi connectivity index (χ1) is 13.8. The highest BCUT2D eigenvalue weighted by Gasteiger charge is 2.44. The molecule has 3 rings (SSSR count). The number of benzene rings is 1. The van der Waals surface area contributed by atoms with Gasteiger partial charge < -0.3 is 30.2 Å². The summed E-state index contributed by atoms with van der Waals surface area (Å²) in [6, 6.07) is -0.191. The van der Waals surface area contributed by atoms with E-state index in [2.05, 4.69) is 18.7 Å². The van der Waals surface area contributed by atoms with Crippen molar-refractivity contribution < 1.29 is 29.2 Å². The van der Waals surface area contributed by atoms with Crippen molar-refractivity contribution in [3.63, 3.8) is 0 Å². The zero-order chi connectivity index (χ0) is 21.3. The van der Waals surface area contributed by atoms with Crippen LogP contribution in [-0.4, -0.2) is 61.0 Å². The van der Waals surface area contributed by atoms with Crippen molar-refractivity contribution >= 4 is 5.97 Å². The molecule has 3 unspecified atom stereocenters. The molecule has 0 aromatic heterocycles. The van der Waals surface area contributed by atoms with Crippen LogP contribution in [0.15, 0.2) is 0 Å². The number of phenols is 2. The predicted octanol–water partition coefficient (Wildman–Crippen LogP) is 1.95. The Kier molecular flexibility index (Phi) is 6.43. The molecule has 1 saturated heterocycles. The van der Waals surface area contributed by atoms with Gasteiger partial charge in [-0.05, 0) is 18.8 Å². The van der Waals surface area contributed by atoms with Crippen LogP contribution < -0.4 is 15.2 Å². The molecule has 0 aliphatic carbocycles. The molecule has 2 aliphatic rings.